The number of rotatable bonds is 8. The van der Waals surface area contributed by atoms with E-state index in [2.05, 4.69) is 27.9 Å². The Hall–Kier alpha value is -2.09. The van der Waals surface area contributed by atoms with Gasteiger partial charge in [0.1, 0.15) is 11.8 Å². The molecule has 0 heterocycles. The second kappa shape index (κ2) is 11.5. The summed E-state index contributed by atoms with van der Waals surface area (Å²) < 4.78 is 6.83. The number of amides is 2. The monoisotopic (exact) mass is 534 g/mol. The summed E-state index contributed by atoms with van der Waals surface area (Å²) in [6.45, 7) is 4.10. The Morgan fingerprint density at radius 1 is 1.10 bits per heavy atom. The van der Waals surface area contributed by atoms with Crippen LogP contribution in [0.5, 0.6) is 5.75 Å². The van der Waals surface area contributed by atoms with E-state index in [9.17, 15) is 9.59 Å². The van der Waals surface area contributed by atoms with E-state index >= 15 is 0 Å². The zero-order chi connectivity index (χ0) is 22.2. The molecule has 5 nitrogen and oxygen atoms in total. The molecule has 0 bridgehead atoms. The van der Waals surface area contributed by atoms with Gasteiger partial charge in [-0.2, -0.15) is 0 Å². The molecule has 1 fully saturated rings. The zero-order valence-electron chi connectivity index (χ0n) is 18.3. The fourth-order valence-corrected chi connectivity index (χ4v) is 4.24. The molecule has 2 aromatic carbocycles. The molecule has 6 heteroatoms. The van der Waals surface area contributed by atoms with Gasteiger partial charge in [-0.25, -0.2) is 0 Å². The molecule has 0 saturated heterocycles. The number of aryl methyl sites for hydroxylation is 1. The molecular weight excluding hydrogens is 503 g/mol. The van der Waals surface area contributed by atoms with Gasteiger partial charge in [-0.05, 0) is 84.7 Å². The second-order valence-corrected chi connectivity index (χ2v) is 9.46. The lowest BCUT2D eigenvalue weighted by Crippen LogP contribution is -2.51. The van der Waals surface area contributed by atoms with Crippen LogP contribution in [0, 0.1) is 10.5 Å². The minimum Gasteiger partial charge on any atom is -0.484 e. The van der Waals surface area contributed by atoms with E-state index in [4.69, 9.17) is 4.74 Å². The lowest BCUT2D eigenvalue weighted by atomic mass is 9.95. The van der Waals surface area contributed by atoms with Gasteiger partial charge in [0, 0.05) is 16.2 Å². The maximum Gasteiger partial charge on any atom is 0.261 e. The number of benzene rings is 2. The molecule has 0 aromatic heterocycles. The number of carbonyl (C=O) groups is 2. The maximum atomic E-state index is 13.2. The molecule has 3 rings (SSSR count). The highest BCUT2D eigenvalue weighted by molar-refractivity contribution is 14.1. The van der Waals surface area contributed by atoms with E-state index in [1.165, 1.54) is 6.42 Å². The van der Waals surface area contributed by atoms with Crippen LogP contribution in [-0.2, 0) is 16.1 Å². The molecule has 166 valence electrons. The Balaban J connectivity index is 1.71. The summed E-state index contributed by atoms with van der Waals surface area (Å²) in [4.78, 5) is 27.8. The van der Waals surface area contributed by atoms with Crippen molar-refractivity contribution in [1.82, 2.24) is 10.2 Å². The molecule has 0 unspecified atom stereocenters. The highest BCUT2D eigenvalue weighted by atomic mass is 127. The fraction of sp³-hybridized carbons (Fsp3) is 0.440. The Bertz CT molecular complexity index is 879. The number of nitrogens with one attached hydrogen (secondary N) is 1. The van der Waals surface area contributed by atoms with Crippen molar-refractivity contribution in [2.45, 2.75) is 64.6 Å². The first-order valence-corrected chi connectivity index (χ1v) is 12.0. The van der Waals surface area contributed by atoms with E-state index in [1.54, 1.807) is 11.8 Å². The molecule has 2 amide bonds. The summed E-state index contributed by atoms with van der Waals surface area (Å²) in [6.07, 6.45) is 5.56. The largest absolute Gasteiger partial charge is 0.484 e. The average Bonchev–Trinajstić information content (AvgIpc) is 2.78. The Labute approximate surface area is 198 Å². The summed E-state index contributed by atoms with van der Waals surface area (Å²) >= 11 is 2.23. The van der Waals surface area contributed by atoms with Gasteiger partial charge in [0.2, 0.25) is 5.91 Å². The van der Waals surface area contributed by atoms with Crippen LogP contribution >= 0.6 is 22.6 Å². The molecular formula is C25H31IN2O3. The number of nitrogens with zero attached hydrogens (tertiary/aromatic N) is 1. The van der Waals surface area contributed by atoms with Crippen molar-refractivity contribution in [3.05, 3.63) is 63.2 Å². The van der Waals surface area contributed by atoms with Crippen molar-refractivity contribution < 1.29 is 14.3 Å². The Kier molecular flexibility index (Phi) is 8.75. The fourth-order valence-electron chi connectivity index (χ4n) is 3.88. The number of halogens is 1. The van der Waals surface area contributed by atoms with Crippen molar-refractivity contribution in [3.8, 4) is 5.75 Å². The van der Waals surface area contributed by atoms with Gasteiger partial charge in [0.05, 0.1) is 0 Å². The number of hydrogen-bond donors (Lipinski definition) is 1. The van der Waals surface area contributed by atoms with Crippen molar-refractivity contribution in [2.75, 3.05) is 6.61 Å². The van der Waals surface area contributed by atoms with E-state index in [0.29, 0.717) is 12.3 Å². The molecule has 0 radical (unpaired) electrons. The second-order valence-electron chi connectivity index (χ2n) is 8.21. The predicted octanol–water partition coefficient (Wildman–Crippen LogP) is 4.84. The van der Waals surface area contributed by atoms with Gasteiger partial charge in [-0.15, -0.1) is 0 Å². The number of ether oxygens (including phenoxy) is 1. The summed E-state index contributed by atoms with van der Waals surface area (Å²) in [5.41, 5.74) is 2.13. The molecule has 1 atom stereocenters. The minimum absolute atomic E-state index is 0.0944. The highest BCUT2D eigenvalue weighted by Crippen LogP contribution is 2.19. The van der Waals surface area contributed by atoms with Crippen molar-refractivity contribution in [1.29, 1.82) is 0 Å². The van der Waals surface area contributed by atoms with Gasteiger partial charge in [-0.3, -0.25) is 9.59 Å². The van der Waals surface area contributed by atoms with E-state index in [1.807, 2.05) is 55.5 Å². The number of carbonyl (C=O) groups excluding carboxylic acids is 2. The van der Waals surface area contributed by atoms with E-state index in [0.717, 1.165) is 40.4 Å². The molecule has 2 aromatic rings. The summed E-state index contributed by atoms with van der Waals surface area (Å²) in [5, 5.41) is 3.16. The van der Waals surface area contributed by atoms with E-state index < -0.39 is 6.04 Å². The maximum absolute atomic E-state index is 13.2. The third kappa shape index (κ3) is 6.95. The molecule has 31 heavy (non-hydrogen) atoms. The van der Waals surface area contributed by atoms with Crippen molar-refractivity contribution in [3.63, 3.8) is 0 Å². The van der Waals surface area contributed by atoms with Crippen LogP contribution in [-0.4, -0.2) is 35.4 Å². The van der Waals surface area contributed by atoms with Gasteiger partial charge in [0.25, 0.3) is 5.91 Å². The Morgan fingerprint density at radius 2 is 1.77 bits per heavy atom. The smallest absolute Gasteiger partial charge is 0.261 e. The topological polar surface area (TPSA) is 58.6 Å². The molecule has 1 aliphatic rings. The molecule has 0 spiro atoms. The summed E-state index contributed by atoms with van der Waals surface area (Å²) in [7, 11) is 0. The van der Waals surface area contributed by atoms with Crippen LogP contribution in [0.1, 0.15) is 50.2 Å². The van der Waals surface area contributed by atoms with Gasteiger partial charge in [-0.1, -0.05) is 43.5 Å². The summed E-state index contributed by atoms with van der Waals surface area (Å²) in [5.74, 6) is 0.347. The van der Waals surface area contributed by atoms with Crippen LogP contribution in [0.2, 0.25) is 0 Å². The first-order valence-electron chi connectivity index (χ1n) is 11.0. The SMILES string of the molecule is Cc1ccccc1CN(C(=O)COc1ccc(I)cc1)[C@@H](C)C(=O)NC1CCCCC1. The quantitative estimate of drug-likeness (QED) is 0.493. The summed E-state index contributed by atoms with van der Waals surface area (Å²) in [6, 6.07) is 15.2. The van der Waals surface area contributed by atoms with Crippen molar-refractivity contribution >= 4 is 34.4 Å². The Morgan fingerprint density at radius 3 is 2.45 bits per heavy atom. The molecule has 0 aliphatic heterocycles. The first-order chi connectivity index (χ1) is 14.9. The van der Waals surface area contributed by atoms with Crippen LogP contribution in [0.25, 0.3) is 0 Å². The van der Waals surface area contributed by atoms with Gasteiger partial charge >= 0.3 is 0 Å². The van der Waals surface area contributed by atoms with Crippen LogP contribution in [0.4, 0.5) is 0 Å². The van der Waals surface area contributed by atoms with Crippen molar-refractivity contribution in [2.24, 2.45) is 0 Å². The third-order valence-electron chi connectivity index (χ3n) is 5.90. The normalized spacial score (nSPS) is 15.2. The minimum atomic E-state index is -0.575. The van der Waals surface area contributed by atoms with Crippen LogP contribution in [0.15, 0.2) is 48.5 Å². The first kappa shape index (κ1) is 23.6. The molecule has 1 N–H and O–H groups in total. The lowest BCUT2D eigenvalue weighted by Gasteiger charge is -2.31. The van der Waals surface area contributed by atoms with Gasteiger partial charge < -0.3 is 15.0 Å². The molecule has 1 aliphatic carbocycles. The van der Waals surface area contributed by atoms with Crippen LogP contribution < -0.4 is 10.1 Å². The zero-order valence-corrected chi connectivity index (χ0v) is 20.4. The lowest BCUT2D eigenvalue weighted by molar-refractivity contribution is -0.142. The van der Waals surface area contributed by atoms with E-state index in [-0.39, 0.29) is 24.5 Å². The number of hydrogen-bond acceptors (Lipinski definition) is 3. The molecule has 1 saturated carbocycles. The third-order valence-corrected chi connectivity index (χ3v) is 6.62. The van der Waals surface area contributed by atoms with Crippen LogP contribution in [0.3, 0.4) is 0 Å². The average molecular weight is 534 g/mol. The van der Waals surface area contributed by atoms with Gasteiger partial charge in [0.15, 0.2) is 6.61 Å². The highest BCUT2D eigenvalue weighted by Gasteiger charge is 2.28. The predicted molar refractivity (Wildman–Crippen MR) is 131 cm³/mol. The standard InChI is InChI=1S/C25H31IN2O3/c1-18-8-6-7-9-20(18)16-28(19(2)25(30)27-22-10-4-3-5-11-22)24(29)17-31-23-14-12-21(26)13-15-23/h6-9,12-15,19,22H,3-5,10-11,16-17H2,1-2H3,(H,27,30)/t19-/m0/s1.